The van der Waals surface area contributed by atoms with Gasteiger partial charge in [-0.2, -0.15) is 0 Å². The Labute approximate surface area is 174 Å². The number of hydrogen-bond acceptors (Lipinski definition) is 1. The monoisotopic (exact) mass is 384 g/mol. The van der Waals surface area contributed by atoms with Gasteiger partial charge in [-0.1, -0.05) is 77.2 Å². The summed E-state index contributed by atoms with van der Waals surface area (Å²) < 4.78 is 0. The maximum Gasteiger partial charge on any atom is 0.0578 e. The molecule has 0 saturated heterocycles. The van der Waals surface area contributed by atoms with Crippen molar-refractivity contribution in [1.29, 1.82) is 0 Å². The Kier molecular flexibility index (Phi) is 5.62. The van der Waals surface area contributed by atoms with Crippen molar-refractivity contribution in [3.63, 3.8) is 0 Å². The number of aliphatic hydroxyl groups is 1. The van der Waals surface area contributed by atoms with Crippen molar-refractivity contribution in [2.45, 2.75) is 105 Å². The van der Waals surface area contributed by atoms with Crippen LogP contribution in [0.5, 0.6) is 0 Å². The van der Waals surface area contributed by atoms with E-state index in [1.54, 1.807) is 11.1 Å². The van der Waals surface area contributed by atoms with Crippen molar-refractivity contribution in [3.05, 3.63) is 23.3 Å². The lowest BCUT2D eigenvalue weighted by molar-refractivity contribution is 0.0571. The second-order valence-corrected chi connectivity index (χ2v) is 11.8. The van der Waals surface area contributed by atoms with Gasteiger partial charge in [0.15, 0.2) is 0 Å². The van der Waals surface area contributed by atoms with Gasteiger partial charge in [-0.05, 0) is 80.0 Å². The Bertz CT molecular complexity index is 643. The third kappa shape index (κ3) is 3.34. The molecule has 7 unspecified atom stereocenters. The fourth-order valence-corrected chi connectivity index (χ4v) is 7.97. The summed E-state index contributed by atoms with van der Waals surface area (Å²) in [6, 6.07) is 0. The second kappa shape index (κ2) is 7.60. The normalized spacial score (nSPS) is 43.7. The number of hydrogen-bond donors (Lipinski definition) is 1. The van der Waals surface area contributed by atoms with Crippen molar-refractivity contribution in [3.8, 4) is 0 Å². The molecule has 28 heavy (non-hydrogen) atoms. The van der Waals surface area contributed by atoms with E-state index >= 15 is 0 Å². The molecule has 7 atom stereocenters. The number of aliphatic hydroxyl groups excluding tert-OH is 1. The van der Waals surface area contributed by atoms with Gasteiger partial charge in [-0.25, -0.2) is 0 Å². The first kappa shape index (κ1) is 20.7. The maximum atomic E-state index is 10.2. The highest BCUT2D eigenvalue weighted by atomic mass is 16.3. The third-order valence-corrected chi connectivity index (χ3v) is 9.65. The number of allylic oxidation sites excluding steroid dienone is 3. The lowest BCUT2D eigenvalue weighted by atomic mass is 9.51. The summed E-state index contributed by atoms with van der Waals surface area (Å²) in [6.45, 7) is 12.4. The molecule has 4 aliphatic carbocycles. The first-order valence-electron chi connectivity index (χ1n) is 12.3. The van der Waals surface area contributed by atoms with Gasteiger partial charge >= 0.3 is 0 Å². The molecular weight excluding hydrogens is 340 g/mol. The molecule has 2 fully saturated rings. The van der Waals surface area contributed by atoms with Crippen LogP contribution in [0.1, 0.15) is 98.8 Å². The van der Waals surface area contributed by atoms with E-state index in [0.29, 0.717) is 5.41 Å². The molecule has 0 bridgehead atoms. The zero-order chi connectivity index (χ0) is 20.1. The average Bonchev–Trinajstić information content (AvgIpc) is 2.99. The van der Waals surface area contributed by atoms with Gasteiger partial charge in [0.25, 0.3) is 0 Å². The van der Waals surface area contributed by atoms with Gasteiger partial charge in [-0.15, -0.1) is 0 Å². The van der Waals surface area contributed by atoms with Crippen LogP contribution in [0.4, 0.5) is 0 Å². The smallest absolute Gasteiger partial charge is 0.0578 e. The molecule has 0 aromatic heterocycles. The highest BCUT2D eigenvalue weighted by Gasteiger charge is 2.56. The fraction of sp³-hybridized carbons (Fsp3) is 0.852. The molecule has 0 aromatic rings. The molecule has 0 heterocycles. The number of fused-ring (bicyclic) bond motifs is 5. The van der Waals surface area contributed by atoms with Crippen LogP contribution in [-0.4, -0.2) is 11.2 Å². The van der Waals surface area contributed by atoms with Gasteiger partial charge in [0.05, 0.1) is 6.10 Å². The molecule has 2 saturated carbocycles. The van der Waals surface area contributed by atoms with E-state index in [-0.39, 0.29) is 11.5 Å². The second-order valence-electron chi connectivity index (χ2n) is 11.8. The molecule has 4 rings (SSSR count). The van der Waals surface area contributed by atoms with E-state index in [0.717, 1.165) is 48.9 Å². The predicted octanol–water partition coefficient (Wildman–Crippen LogP) is 7.31. The van der Waals surface area contributed by atoms with E-state index in [9.17, 15) is 5.11 Å². The average molecular weight is 385 g/mol. The third-order valence-electron chi connectivity index (χ3n) is 9.65. The van der Waals surface area contributed by atoms with Gasteiger partial charge in [0.2, 0.25) is 0 Å². The molecule has 0 spiro atoms. The highest BCUT2D eigenvalue weighted by molar-refractivity contribution is 5.39. The summed E-state index contributed by atoms with van der Waals surface area (Å²) >= 11 is 0. The Morgan fingerprint density at radius 3 is 2.61 bits per heavy atom. The van der Waals surface area contributed by atoms with Crippen LogP contribution in [-0.2, 0) is 0 Å². The zero-order valence-corrected chi connectivity index (χ0v) is 19.1. The minimum Gasteiger partial charge on any atom is -0.393 e. The van der Waals surface area contributed by atoms with Crippen molar-refractivity contribution >= 4 is 0 Å². The van der Waals surface area contributed by atoms with Crippen molar-refractivity contribution in [2.75, 3.05) is 0 Å². The Hall–Kier alpha value is -0.560. The predicted molar refractivity (Wildman–Crippen MR) is 119 cm³/mol. The molecule has 158 valence electrons. The Balaban J connectivity index is 1.53. The van der Waals surface area contributed by atoms with E-state index < -0.39 is 0 Å². The maximum absolute atomic E-state index is 10.2. The summed E-state index contributed by atoms with van der Waals surface area (Å²) in [4.78, 5) is 0. The van der Waals surface area contributed by atoms with Crippen LogP contribution in [0, 0.1) is 40.4 Å². The van der Waals surface area contributed by atoms with E-state index in [4.69, 9.17) is 0 Å². The summed E-state index contributed by atoms with van der Waals surface area (Å²) in [5.41, 5.74) is 4.09. The first-order valence-corrected chi connectivity index (χ1v) is 12.3. The first-order chi connectivity index (χ1) is 13.3. The summed E-state index contributed by atoms with van der Waals surface area (Å²) in [5.74, 6) is 4.28. The largest absolute Gasteiger partial charge is 0.393 e. The molecule has 0 aromatic carbocycles. The molecule has 0 amide bonds. The molecule has 0 aliphatic heterocycles. The standard InChI is InChI=1S/C27H44O/c1-18(2)7-6-8-19(3)23-11-12-24-22-10-9-20-17-21(28)13-15-26(20,4)25(22)14-16-27(23,24)5/h9,14,18-19,21-24,28H,6-8,10-13,15-17H2,1-5H3. The van der Waals surface area contributed by atoms with Gasteiger partial charge < -0.3 is 5.11 Å². The van der Waals surface area contributed by atoms with Crippen LogP contribution in [0.15, 0.2) is 23.3 Å². The minimum absolute atomic E-state index is 0.104. The van der Waals surface area contributed by atoms with Gasteiger partial charge in [0.1, 0.15) is 0 Å². The molecular formula is C27H44O. The molecule has 1 heteroatoms. The molecule has 1 N–H and O–H groups in total. The highest BCUT2D eigenvalue weighted by Crippen LogP contribution is 2.65. The summed E-state index contributed by atoms with van der Waals surface area (Å²) in [6.07, 6.45) is 17.8. The van der Waals surface area contributed by atoms with E-state index in [1.807, 2.05) is 0 Å². The van der Waals surface area contributed by atoms with Crippen LogP contribution in [0.25, 0.3) is 0 Å². The Morgan fingerprint density at radius 2 is 1.86 bits per heavy atom. The van der Waals surface area contributed by atoms with Crippen LogP contribution in [0.2, 0.25) is 0 Å². The fourth-order valence-electron chi connectivity index (χ4n) is 7.97. The van der Waals surface area contributed by atoms with E-state index in [1.165, 1.54) is 44.9 Å². The minimum atomic E-state index is -0.104. The quantitative estimate of drug-likeness (QED) is 0.493. The van der Waals surface area contributed by atoms with Crippen molar-refractivity contribution < 1.29 is 5.11 Å². The van der Waals surface area contributed by atoms with Gasteiger partial charge in [-0.3, -0.25) is 0 Å². The lowest BCUT2D eigenvalue weighted by Gasteiger charge is -2.54. The molecule has 1 nitrogen and oxygen atoms in total. The van der Waals surface area contributed by atoms with E-state index in [2.05, 4.69) is 46.8 Å². The van der Waals surface area contributed by atoms with Crippen LogP contribution < -0.4 is 0 Å². The Morgan fingerprint density at radius 1 is 1.07 bits per heavy atom. The van der Waals surface area contributed by atoms with Crippen LogP contribution >= 0.6 is 0 Å². The van der Waals surface area contributed by atoms with Crippen molar-refractivity contribution in [2.24, 2.45) is 40.4 Å². The molecule has 0 radical (unpaired) electrons. The summed E-state index contributed by atoms with van der Waals surface area (Å²) in [7, 11) is 0. The summed E-state index contributed by atoms with van der Waals surface area (Å²) in [5, 5.41) is 10.2. The van der Waals surface area contributed by atoms with Crippen molar-refractivity contribution in [1.82, 2.24) is 0 Å². The SMILES string of the molecule is CC(C)CCCC(C)C1CCC2C3CC=C4CC(O)CCC4(C)C3=CCC12C. The van der Waals surface area contributed by atoms with Gasteiger partial charge in [0, 0.05) is 5.41 Å². The topological polar surface area (TPSA) is 20.2 Å². The number of rotatable bonds is 5. The lowest BCUT2D eigenvalue weighted by Crippen LogP contribution is -2.45. The van der Waals surface area contributed by atoms with Crippen LogP contribution in [0.3, 0.4) is 0 Å². The zero-order valence-electron chi connectivity index (χ0n) is 19.1. The molecule has 4 aliphatic rings.